The SMILES string of the molecule is CSC(C)CNc1ccc([N+](=O)[O-])c2cnccc12. The van der Waals surface area contributed by atoms with Gasteiger partial charge >= 0.3 is 0 Å². The zero-order valence-electron chi connectivity index (χ0n) is 10.8. The number of aromatic nitrogens is 1. The molecule has 19 heavy (non-hydrogen) atoms. The van der Waals surface area contributed by atoms with Gasteiger partial charge in [-0.05, 0) is 18.4 Å². The Balaban J connectivity index is 2.41. The Morgan fingerprint density at radius 3 is 2.89 bits per heavy atom. The molecule has 100 valence electrons. The number of pyridine rings is 1. The van der Waals surface area contributed by atoms with Crippen molar-refractivity contribution in [2.75, 3.05) is 18.1 Å². The third kappa shape index (κ3) is 2.96. The number of hydrogen-bond donors (Lipinski definition) is 1. The molecule has 1 N–H and O–H groups in total. The van der Waals surface area contributed by atoms with E-state index in [1.165, 1.54) is 12.3 Å². The average molecular weight is 277 g/mol. The first-order valence-corrected chi connectivity index (χ1v) is 7.20. The molecule has 1 atom stereocenters. The van der Waals surface area contributed by atoms with Crippen molar-refractivity contribution in [3.8, 4) is 0 Å². The van der Waals surface area contributed by atoms with E-state index in [1.807, 2.05) is 0 Å². The number of nitrogens with one attached hydrogen (secondary N) is 1. The van der Waals surface area contributed by atoms with Gasteiger partial charge in [-0.1, -0.05) is 6.92 Å². The monoisotopic (exact) mass is 277 g/mol. The van der Waals surface area contributed by atoms with Gasteiger partial charge in [-0.3, -0.25) is 15.1 Å². The van der Waals surface area contributed by atoms with Gasteiger partial charge in [0.05, 0.1) is 10.3 Å². The van der Waals surface area contributed by atoms with Crippen LogP contribution in [0.25, 0.3) is 10.8 Å². The van der Waals surface area contributed by atoms with E-state index in [9.17, 15) is 10.1 Å². The lowest BCUT2D eigenvalue weighted by atomic mass is 10.1. The zero-order valence-corrected chi connectivity index (χ0v) is 11.6. The maximum absolute atomic E-state index is 11.0. The van der Waals surface area contributed by atoms with E-state index in [-0.39, 0.29) is 10.6 Å². The largest absolute Gasteiger partial charge is 0.383 e. The van der Waals surface area contributed by atoms with Crippen molar-refractivity contribution in [3.63, 3.8) is 0 Å². The van der Waals surface area contributed by atoms with Crippen molar-refractivity contribution in [3.05, 3.63) is 40.7 Å². The molecule has 1 aromatic heterocycles. The van der Waals surface area contributed by atoms with E-state index in [0.717, 1.165) is 17.6 Å². The molecular formula is C13H15N3O2S. The number of thioether (sulfide) groups is 1. The molecule has 1 heterocycles. The molecule has 0 aliphatic carbocycles. The van der Waals surface area contributed by atoms with Gasteiger partial charge in [-0.15, -0.1) is 0 Å². The molecule has 0 aliphatic rings. The van der Waals surface area contributed by atoms with Crippen LogP contribution in [0.1, 0.15) is 6.92 Å². The molecule has 0 aliphatic heterocycles. The van der Waals surface area contributed by atoms with Crippen molar-refractivity contribution in [1.29, 1.82) is 0 Å². The van der Waals surface area contributed by atoms with Crippen LogP contribution in [0.2, 0.25) is 0 Å². The molecule has 0 radical (unpaired) electrons. The molecule has 0 bridgehead atoms. The fourth-order valence-corrected chi connectivity index (χ4v) is 2.08. The van der Waals surface area contributed by atoms with Crippen LogP contribution in [-0.2, 0) is 0 Å². The third-order valence-electron chi connectivity index (χ3n) is 2.97. The van der Waals surface area contributed by atoms with Crippen LogP contribution in [0.3, 0.4) is 0 Å². The second-order valence-corrected chi connectivity index (χ2v) is 5.51. The van der Waals surface area contributed by atoms with Crippen LogP contribution < -0.4 is 5.32 Å². The van der Waals surface area contributed by atoms with Gasteiger partial charge in [0.1, 0.15) is 0 Å². The predicted molar refractivity (Wildman–Crippen MR) is 79.9 cm³/mol. The Kier molecular flexibility index (Phi) is 4.21. The van der Waals surface area contributed by atoms with Crippen LogP contribution in [0.5, 0.6) is 0 Å². The van der Waals surface area contributed by atoms with Gasteiger partial charge in [-0.25, -0.2) is 0 Å². The van der Waals surface area contributed by atoms with Gasteiger partial charge in [0, 0.05) is 41.3 Å². The summed E-state index contributed by atoms with van der Waals surface area (Å²) in [4.78, 5) is 14.6. The highest BCUT2D eigenvalue weighted by molar-refractivity contribution is 7.99. The molecule has 0 amide bonds. The summed E-state index contributed by atoms with van der Waals surface area (Å²) in [5, 5.41) is 16.2. The number of non-ortho nitro benzene ring substituents is 1. The highest BCUT2D eigenvalue weighted by Gasteiger charge is 2.14. The Morgan fingerprint density at radius 1 is 1.42 bits per heavy atom. The number of hydrogen-bond acceptors (Lipinski definition) is 5. The fourth-order valence-electron chi connectivity index (χ4n) is 1.83. The first-order valence-electron chi connectivity index (χ1n) is 5.91. The molecular weight excluding hydrogens is 262 g/mol. The third-order valence-corrected chi connectivity index (χ3v) is 3.95. The standard InChI is InChI=1S/C13H15N3O2S/c1-9(19-2)7-15-12-3-4-13(16(17)18)11-8-14-6-5-10(11)12/h3-6,8-9,15H,7H2,1-2H3. The summed E-state index contributed by atoms with van der Waals surface area (Å²) in [5.41, 5.74) is 0.996. The summed E-state index contributed by atoms with van der Waals surface area (Å²) in [7, 11) is 0. The lowest BCUT2D eigenvalue weighted by Gasteiger charge is -2.13. The number of nitro groups is 1. The van der Waals surface area contributed by atoms with E-state index in [4.69, 9.17) is 0 Å². The summed E-state index contributed by atoms with van der Waals surface area (Å²) in [6.45, 7) is 2.95. The maximum atomic E-state index is 11.0. The molecule has 2 rings (SSSR count). The smallest absolute Gasteiger partial charge is 0.278 e. The minimum Gasteiger partial charge on any atom is -0.383 e. The molecule has 2 aromatic rings. The van der Waals surface area contributed by atoms with Crippen LogP contribution in [0.15, 0.2) is 30.6 Å². The summed E-state index contributed by atoms with van der Waals surface area (Å²) < 4.78 is 0. The van der Waals surface area contributed by atoms with Crippen LogP contribution in [0.4, 0.5) is 11.4 Å². The highest BCUT2D eigenvalue weighted by atomic mass is 32.2. The van der Waals surface area contributed by atoms with Crippen molar-refractivity contribution in [2.45, 2.75) is 12.2 Å². The van der Waals surface area contributed by atoms with Crippen LogP contribution >= 0.6 is 11.8 Å². The van der Waals surface area contributed by atoms with E-state index in [2.05, 4.69) is 23.5 Å². The quantitative estimate of drug-likeness (QED) is 0.670. The van der Waals surface area contributed by atoms with Crippen molar-refractivity contribution in [1.82, 2.24) is 4.98 Å². The summed E-state index contributed by atoms with van der Waals surface area (Å²) in [6, 6.07) is 5.08. The first-order chi connectivity index (χ1) is 9.13. The van der Waals surface area contributed by atoms with Gasteiger partial charge in [0.25, 0.3) is 5.69 Å². The number of nitrogens with zero attached hydrogens (tertiary/aromatic N) is 2. The van der Waals surface area contributed by atoms with Gasteiger partial charge in [-0.2, -0.15) is 11.8 Å². The van der Waals surface area contributed by atoms with E-state index in [1.54, 1.807) is 30.1 Å². The molecule has 6 heteroatoms. The molecule has 0 saturated heterocycles. The van der Waals surface area contributed by atoms with E-state index >= 15 is 0 Å². The van der Waals surface area contributed by atoms with E-state index < -0.39 is 0 Å². The van der Waals surface area contributed by atoms with Crippen LogP contribution in [0, 0.1) is 10.1 Å². The summed E-state index contributed by atoms with van der Waals surface area (Å²) in [6.07, 6.45) is 5.25. The van der Waals surface area contributed by atoms with Gasteiger partial charge < -0.3 is 5.32 Å². The van der Waals surface area contributed by atoms with Crippen LogP contribution in [-0.4, -0.2) is 28.0 Å². The van der Waals surface area contributed by atoms with Crippen molar-refractivity contribution >= 4 is 33.9 Å². The number of benzene rings is 1. The number of fused-ring (bicyclic) bond motifs is 1. The Morgan fingerprint density at radius 2 is 2.21 bits per heavy atom. The molecule has 1 aromatic carbocycles. The molecule has 5 nitrogen and oxygen atoms in total. The lowest BCUT2D eigenvalue weighted by molar-refractivity contribution is -0.383. The Labute approximate surface area is 115 Å². The zero-order chi connectivity index (χ0) is 13.8. The lowest BCUT2D eigenvalue weighted by Crippen LogP contribution is -2.12. The predicted octanol–water partition coefficient (Wildman–Crippen LogP) is 3.31. The normalized spacial score (nSPS) is 12.3. The topological polar surface area (TPSA) is 68.1 Å². The maximum Gasteiger partial charge on any atom is 0.278 e. The van der Waals surface area contributed by atoms with Gasteiger partial charge in [0.15, 0.2) is 0 Å². The Bertz CT molecular complexity index is 603. The summed E-state index contributed by atoms with van der Waals surface area (Å²) >= 11 is 1.77. The number of anilines is 1. The number of nitro benzene ring substituents is 1. The van der Waals surface area contributed by atoms with Gasteiger partial charge in [0.2, 0.25) is 0 Å². The molecule has 0 fully saturated rings. The molecule has 0 saturated carbocycles. The minimum atomic E-state index is -0.377. The first kappa shape index (κ1) is 13.6. The van der Waals surface area contributed by atoms with E-state index in [0.29, 0.717) is 10.6 Å². The minimum absolute atomic E-state index is 0.0894. The fraction of sp³-hybridized carbons (Fsp3) is 0.308. The average Bonchev–Trinajstić information content (AvgIpc) is 2.43. The second-order valence-electron chi connectivity index (χ2n) is 4.24. The second kappa shape index (κ2) is 5.88. The van der Waals surface area contributed by atoms with Crippen molar-refractivity contribution < 1.29 is 4.92 Å². The number of rotatable bonds is 5. The molecule has 1 unspecified atom stereocenters. The molecule has 0 spiro atoms. The highest BCUT2D eigenvalue weighted by Crippen LogP contribution is 2.30. The summed E-state index contributed by atoms with van der Waals surface area (Å²) in [5.74, 6) is 0. The Hall–Kier alpha value is -1.82. The van der Waals surface area contributed by atoms with Crippen molar-refractivity contribution in [2.24, 2.45) is 0 Å².